The van der Waals surface area contributed by atoms with E-state index in [2.05, 4.69) is 62.5 Å². The third-order valence-corrected chi connectivity index (χ3v) is 14.8. The van der Waals surface area contributed by atoms with Crippen LogP contribution in [-0.2, 0) is 27.9 Å². The molecule has 3 unspecified atom stereocenters. The number of hydrogen-bond donors (Lipinski definition) is 2. The molecule has 0 saturated heterocycles. The molecule has 0 fully saturated rings. The van der Waals surface area contributed by atoms with Gasteiger partial charge in [-0.15, -0.1) is 0 Å². The fourth-order valence-electron chi connectivity index (χ4n) is 9.01. The van der Waals surface area contributed by atoms with Crippen molar-refractivity contribution in [3.8, 4) is 0 Å². The van der Waals surface area contributed by atoms with Crippen molar-refractivity contribution in [1.29, 1.82) is 0 Å². The number of nitrogens with one attached hydrogen (secondary N) is 1. The van der Waals surface area contributed by atoms with Gasteiger partial charge in [-0.25, -0.2) is 4.57 Å². The largest absolute Gasteiger partial charge is 0.472 e. The molecule has 0 spiro atoms. The van der Waals surface area contributed by atoms with E-state index in [1.165, 1.54) is 167 Å². The predicted octanol–water partition coefficient (Wildman–Crippen LogP) is 18.9. The zero-order valence-electron chi connectivity index (χ0n) is 48.9. The van der Waals surface area contributed by atoms with Crippen LogP contribution < -0.4 is 5.32 Å². The summed E-state index contributed by atoms with van der Waals surface area (Å²) in [6.45, 7) is 6.91. The molecule has 428 valence electrons. The van der Waals surface area contributed by atoms with Gasteiger partial charge in [0.05, 0.1) is 33.8 Å². The van der Waals surface area contributed by atoms with Crippen LogP contribution in [0, 0.1) is 0 Å². The number of allylic oxidation sites excluding steroid dienone is 7. The number of phosphoric acid groups is 1. The van der Waals surface area contributed by atoms with Gasteiger partial charge in [0.2, 0.25) is 5.91 Å². The number of unbranched alkanes of at least 4 members (excludes halogenated alkanes) is 34. The smallest absolute Gasteiger partial charge is 0.456 e. The Hall–Kier alpha value is -2.03. The van der Waals surface area contributed by atoms with Gasteiger partial charge >= 0.3 is 13.8 Å². The minimum atomic E-state index is -4.45. The van der Waals surface area contributed by atoms with Crippen molar-refractivity contribution in [3.05, 3.63) is 48.6 Å². The first kappa shape index (κ1) is 71.0. The van der Waals surface area contributed by atoms with E-state index < -0.39 is 20.0 Å². The summed E-state index contributed by atoms with van der Waals surface area (Å²) in [5.74, 6) is -0.521. The Labute approximate surface area is 452 Å². The topological polar surface area (TPSA) is 111 Å². The normalized spacial score (nSPS) is 14.0. The SMILES string of the molecule is CC/C=C/C/C=C/C/C=C/CCCCCCC(=O)OC(/C=C/CCCCCCCCCCCC)C(COP(=O)(O)OCC[N+](C)(C)C)NC(=O)CCCCCCCCCCCCCCCCCCCCCCC. The Morgan fingerprint density at radius 1 is 0.493 bits per heavy atom. The van der Waals surface area contributed by atoms with Gasteiger partial charge in [-0.1, -0.05) is 262 Å². The van der Waals surface area contributed by atoms with Gasteiger partial charge in [-0.3, -0.25) is 18.6 Å². The number of carbonyl (C=O) groups excluding carboxylic acids is 2. The molecule has 0 bridgehead atoms. The first-order valence-corrected chi connectivity index (χ1v) is 32.5. The average molecular weight is 1050 g/mol. The van der Waals surface area contributed by atoms with E-state index in [1.54, 1.807) is 0 Å². The second-order valence-electron chi connectivity index (χ2n) is 22.2. The summed E-state index contributed by atoms with van der Waals surface area (Å²) in [5, 5.41) is 3.05. The van der Waals surface area contributed by atoms with Crippen molar-refractivity contribution in [1.82, 2.24) is 5.32 Å². The molecule has 0 saturated carbocycles. The highest BCUT2D eigenvalue weighted by Crippen LogP contribution is 2.43. The van der Waals surface area contributed by atoms with Crippen LogP contribution in [0.5, 0.6) is 0 Å². The lowest BCUT2D eigenvalue weighted by Gasteiger charge is -2.27. The van der Waals surface area contributed by atoms with E-state index >= 15 is 0 Å². The number of carbonyl (C=O) groups is 2. The fourth-order valence-corrected chi connectivity index (χ4v) is 9.75. The van der Waals surface area contributed by atoms with Gasteiger partial charge in [0.1, 0.15) is 19.3 Å². The van der Waals surface area contributed by atoms with Crippen molar-refractivity contribution in [3.63, 3.8) is 0 Å². The monoisotopic (exact) mass is 1050 g/mol. The lowest BCUT2D eigenvalue weighted by atomic mass is 10.0. The molecule has 0 aliphatic heterocycles. The second-order valence-corrected chi connectivity index (χ2v) is 23.7. The van der Waals surface area contributed by atoms with Crippen LogP contribution in [0.2, 0.25) is 0 Å². The number of phosphoric ester groups is 1. The number of rotatable bonds is 56. The number of amides is 1. The van der Waals surface area contributed by atoms with Gasteiger partial charge in [0.15, 0.2) is 0 Å². The Kier molecular flexibility index (Phi) is 51.9. The van der Waals surface area contributed by atoms with Crippen molar-refractivity contribution in [2.45, 2.75) is 303 Å². The average Bonchev–Trinajstić information content (AvgIpc) is 3.35. The Balaban J connectivity index is 5.20. The van der Waals surface area contributed by atoms with E-state index in [0.29, 0.717) is 23.9 Å². The lowest BCUT2D eigenvalue weighted by molar-refractivity contribution is -0.870. The van der Waals surface area contributed by atoms with Gasteiger partial charge in [-0.2, -0.15) is 0 Å². The van der Waals surface area contributed by atoms with Crippen LogP contribution in [0.15, 0.2) is 48.6 Å². The molecule has 3 atom stereocenters. The molecular weight excluding hydrogens is 928 g/mol. The van der Waals surface area contributed by atoms with Crippen LogP contribution in [0.3, 0.4) is 0 Å². The van der Waals surface area contributed by atoms with E-state index in [4.69, 9.17) is 13.8 Å². The lowest BCUT2D eigenvalue weighted by Crippen LogP contribution is -2.47. The molecule has 0 heterocycles. The number of quaternary nitrogens is 1. The maximum absolute atomic E-state index is 13.5. The molecule has 73 heavy (non-hydrogen) atoms. The maximum Gasteiger partial charge on any atom is 0.472 e. The second kappa shape index (κ2) is 53.4. The highest BCUT2D eigenvalue weighted by Gasteiger charge is 2.30. The van der Waals surface area contributed by atoms with Crippen LogP contribution >= 0.6 is 7.82 Å². The molecule has 2 N–H and O–H groups in total. The third-order valence-electron chi connectivity index (χ3n) is 13.8. The Morgan fingerprint density at radius 2 is 0.877 bits per heavy atom. The molecule has 0 rings (SSSR count). The molecule has 0 aliphatic rings. The fraction of sp³-hybridized carbons (Fsp3) is 0.841. The van der Waals surface area contributed by atoms with E-state index in [-0.39, 0.29) is 31.5 Å². The van der Waals surface area contributed by atoms with E-state index in [9.17, 15) is 19.0 Å². The number of ether oxygens (including phenoxy) is 1. The van der Waals surface area contributed by atoms with Gasteiger partial charge in [0.25, 0.3) is 0 Å². The molecular formula is C63H120N2O7P+. The van der Waals surface area contributed by atoms with Crippen molar-refractivity contribution in [2.24, 2.45) is 0 Å². The summed E-state index contributed by atoms with van der Waals surface area (Å²) in [5.41, 5.74) is 0. The Bertz CT molecular complexity index is 1390. The Morgan fingerprint density at radius 3 is 1.32 bits per heavy atom. The quantitative estimate of drug-likeness (QED) is 0.0205. The number of hydrogen-bond acceptors (Lipinski definition) is 6. The summed E-state index contributed by atoms with van der Waals surface area (Å²) in [6.07, 6.45) is 65.4. The predicted molar refractivity (Wildman–Crippen MR) is 314 cm³/mol. The van der Waals surface area contributed by atoms with Gasteiger partial charge in [0, 0.05) is 12.8 Å². The zero-order valence-corrected chi connectivity index (χ0v) is 49.8. The molecule has 1 amide bonds. The number of likely N-dealkylation sites (N-methyl/N-ethyl adjacent to an activating group) is 1. The summed E-state index contributed by atoms with van der Waals surface area (Å²) in [6, 6.07) is -0.854. The minimum absolute atomic E-state index is 0.0375. The minimum Gasteiger partial charge on any atom is -0.456 e. The van der Waals surface area contributed by atoms with Crippen molar-refractivity contribution < 1.29 is 37.3 Å². The van der Waals surface area contributed by atoms with Crippen molar-refractivity contribution >= 4 is 19.7 Å². The molecule has 0 aliphatic carbocycles. The highest BCUT2D eigenvalue weighted by atomic mass is 31.2. The standard InChI is InChI=1S/C63H119N2O7P/c1-7-10-13-16-19-22-25-28-30-31-32-33-34-35-36-37-40-43-46-49-52-55-62(66)64-60(59-71-73(68,69)70-58-57-65(4,5)6)61(54-51-48-45-42-39-27-24-21-18-15-12-9-3)72-63(67)56-53-50-47-44-41-38-29-26-23-20-17-14-11-8-2/h11,14,20,23,29,38,51,54,60-61H,7-10,12-13,15-19,21-22,24-28,30-37,39-50,52-53,55-59H2,1-6H3,(H-,64,66,68,69)/p+1/b14-11+,23-20+,38-29+,54-51+. The van der Waals surface area contributed by atoms with Crippen LogP contribution in [0.25, 0.3) is 0 Å². The van der Waals surface area contributed by atoms with Crippen LogP contribution in [0.4, 0.5) is 0 Å². The van der Waals surface area contributed by atoms with E-state index in [0.717, 1.165) is 83.5 Å². The number of esters is 1. The van der Waals surface area contributed by atoms with Gasteiger partial charge in [-0.05, 0) is 63.9 Å². The van der Waals surface area contributed by atoms with Crippen LogP contribution in [0.1, 0.15) is 290 Å². The first-order valence-electron chi connectivity index (χ1n) is 31.0. The summed E-state index contributed by atoms with van der Waals surface area (Å²) < 4.78 is 30.7. The molecule has 0 aromatic carbocycles. The summed E-state index contributed by atoms with van der Waals surface area (Å²) in [4.78, 5) is 37.7. The summed E-state index contributed by atoms with van der Waals surface area (Å²) >= 11 is 0. The first-order chi connectivity index (χ1) is 35.4. The van der Waals surface area contributed by atoms with Crippen LogP contribution in [-0.4, -0.2) is 74.3 Å². The number of nitrogens with zero attached hydrogens (tertiary/aromatic N) is 1. The molecule has 9 nitrogen and oxygen atoms in total. The molecule has 0 aromatic heterocycles. The molecule has 0 radical (unpaired) electrons. The zero-order chi connectivity index (χ0) is 53.6. The molecule has 10 heteroatoms. The highest BCUT2D eigenvalue weighted by molar-refractivity contribution is 7.47. The maximum atomic E-state index is 13.5. The van der Waals surface area contributed by atoms with Crippen molar-refractivity contribution in [2.75, 3.05) is 40.9 Å². The molecule has 0 aromatic rings. The van der Waals surface area contributed by atoms with Gasteiger partial charge < -0.3 is 19.4 Å². The van der Waals surface area contributed by atoms with E-state index in [1.807, 2.05) is 33.3 Å². The summed E-state index contributed by atoms with van der Waals surface area (Å²) in [7, 11) is 1.49. The third kappa shape index (κ3) is 54.6.